The van der Waals surface area contributed by atoms with E-state index in [2.05, 4.69) is 5.32 Å². The Morgan fingerprint density at radius 2 is 1.67 bits per heavy atom. The molecular formula is C22H20N2O3. The second-order valence-electron chi connectivity index (χ2n) is 6.62. The van der Waals surface area contributed by atoms with Crippen LogP contribution in [-0.4, -0.2) is 11.8 Å². The van der Waals surface area contributed by atoms with Gasteiger partial charge in [-0.15, -0.1) is 0 Å². The van der Waals surface area contributed by atoms with Crippen molar-refractivity contribution in [1.82, 2.24) is 5.32 Å². The van der Waals surface area contributed by atoms with Crippen molar-refractivity contribution >= 4 is 17.5 Å². The van der Waals surface area contributed by atoms with Crippen molar-refractivity contribution in [3.05, 3.63) is 90.4 Å². The Bertz CT molecular complexity index is 923. The normalized spacial score (nSPS) is 20.0. The number of hydrogen-bond acceptors (Lipinski definition) is 3. The molecule has 0 bridgehead atoms. The predicted octanol–water partition coefficient (Wildman–Crippen LogP) is 3.86. The Labute approximate surface area is 157 Å². The van der Waals surface area contributed by atoms with Gasteiger partial charge in [0.25, 0.3) is 0 Å². The summed E-state index contributed by atoms with van der Waals surface area (Å²) in [5.74, 6) is -0.709. The molecule has 0 radical (unpaired) electrons. The lowest BCUT2D eigenvalue weighted by molar-refractivity contribution is -0.142. The minimum absolute atomic E-state index is 0.186. The molecule has 1 aliphatic heterocycles. The standard InChI is InChI=1S/C22H20N2O3/c1-15(16-9-4-2-5-10-16)23-21(25)19-20(18-13-8-14-27-18)24(22(19)26)17-11-6-3-7-12-17/h2-15,19-20H,1H3,(H,23,25)/t15-,19-,20+/m1/s1. The lowest BCUT2D eigenvalue weighted by atomic mass is 9.83. The summed E-state index contributed by atoms with van der Waals surface area (Å²) in [6.07, 6.45) is 1.56. The number of carbonyl (C=O) groups is 2. The molecule has 0 unspecified atom stereocenters. The smallest absolute Gasteiger partial charge is 0.242 e. The number of amides is 2. The van der Waals surface area contributed by atoms with Crippen molar-refractivity contribution < 1.29 is 14.0 Å². The van der Waals surface area contributed by atoms with Gasteiger partial charge in [0, 0.05) is 5.69 Å². The van der Waals surface area contributed by atoms with Gasteiger partial charge in [-0.25, -0.2) is 0 Å². The summed E-state index contributed by atoms with van der Waals surface area (Å²) < 4.78 is 5.53. The fraction of sp³-hybridized carbons (Fsp3) is 0.182. The molecule has 0 aliphatic carbocycles. The molecule has 3 atom stereocenters. The van der Waals surface area contributed by atoms with E-state index in [1.807, 2.05) is 67.6 Å². The molecule has 1 aromatic heterocycles. The first-order valence-corrected chi connectivity index (χ1v) is 8.93. The third-order valence-corrected chi connectivity index (χ3v) is 4.91. The van der Waals surface area contributed by atoms with Crippen LogP contribution in [0.1, 0.15) is 30.3 Å². The number of furan rings is 1. The van der Waals surface area contributed by atoms with Crippen LogP contribution in [0.25, 0.3) is 0 Å². The van der Waals surface area contributed by atoms with Gasteiger partial charge in [-0.2, -0.15) is 0 Å². The van der Waals surface area contributed by atoms with E-state index < -0.39 is 12.0 Å². The molecule has 5 nitrogen and oxygen atoms in total. The Hall–Kier alpha value is -3.34. The van der Waals surface area contributed by atoms with E-state index in [0.29, 0.717) is 5.76 Å². The van der Waals surface area contributed by atoms with Crippen molar-refractivity contribution in [2.45, 2.75) is 19.0 Å². The average molecular weight is 360 g/mol. The highest BCUT2D eigenvalue weighted by Crippen LogP contribution is 2.43. The second kappa shape index (κ2) is 7.11. The summed E-state index contributed by atoms with van der Waals surface area (Å²) in [6, 6.07) is 22.0. The summed E-state index contributed by atoms with van der Waals surface area (Å²) >= 11 is 0. The molecule has 1 saturated heterocycles. The Morgan fingerprint density at radius 1 is 1.00 bits per heavy atom. The fourth-order valence-electron chi connectivity index (χ4n) is 3.50. The van der Waals surface area contributed by atoms with Crippen molar-refractivity contribution in [2.24, 2.45) is 5.92 Å². The molecule has 2 aromatic carbocycles. The van der Waals surface area contributed by atoms with Crippen LogP contribution < -0.4 is 10.2 Å². The Kier molecular flexibility index (Phi) is 4.50. The third-order valence-electron chi connectivity index (χ3n) is 4.91. The van der Waals surface area contributed by atoms with E-state index in [1.165, 1.54) is 0 Å². The van der Waals surface area contributed by atoms with Gasteiger partial charge in [-0.1, -0.05) is 48.5 Å². The van der Waals surface area contributed by atoms with E-state index in [1.54, 1.807) is 23.3 Å². The first kappa shape index (κ1) is 17.1. The van der Waals surface area contributed by atoms with Gasteiger partial charge in [0.2, 0.25) is 11.8 Å². The van der Waals surface area contributed by atoms with Crippen LogP contribution in [0.15, 0.2) is 83.5 Å². The first-order valence-electron chi connectivity index (χ1n) is 8.93. The zero-order chi connectivity index (χ0) is 18.8. The van der Waals surface area contributed by atoms with Crippen molar-refractivity contribution in [1.29, 1.82) is 0 Å². The SMILES string of the molecule is C[C@@H](NC(=O)[C@@H]1C(=O)N(c2ccccc2)[C@H]1c1ccco1)c1ccccc1. The van der Waals surface area contributed by atoms with Gasteiger partial charge in [-0.3, -0.25) is 14.5 Å². The molecule has 27 heavy (non-hydrogen) atoms. The van der Waals surface area contributed by atoms with Crippen molar-refractivity contribution in [3.8, 4) is 0 Å². The minimum atomic E-state index is -0.803. The van der Waals surface area contributed by atoms with Crippen LogP contribution in [0.3, 0.4) is 0 Å². The van der Waals surface area contributed by atoms with Gasteiger partial charge < -0.3 is 9.73 Å². The molecular weight excluding hydrogens is 340 g/mol. The largest absolute Gasteiger partial charge is 0.467 e. The van der Waals surface area contributed by atoms with E-state index in [4.69, 9.17) is 4.42 Å². The highest BCUT2D eigenvalue weighted by Gasteiger charge is 2.54. The quantitative estimate of drug-likeness (QED) is 0.555. The summed E-state index contributed by atoms with van der Waals surface area (Å²) in [6.45, 7) is 1.91. The number of β-lactam (4-membered cyclic amide) rings is 1. The number of nitrogens with one attached hydrogen (secondary N) is 1. The average Bonchev–Trinajstić information content (AvgIpc) is 3.21. The topological polar surface area (TPSA) is 62.6 Å². The summed E-state index contributed by atoms with van der Waals surface area (Å²) in [4.78, 5) is 27.4. The zero-order valence-corrected chi connectivity index (χ0v) is 14.9. The molecule has 1 fully saturated rings. The maximum absolute atomic E-state index is 12.9. The number of carbonyl (C=O) groups excluding carboxylic acids is 2. The van der Waals surface area contributed by atoms with Crippen molar-refractivity contribution in [2.75, 3.05) is 4.90 Å². The van der Waals surface area contributed by atoms with Crippen LogP contribution in [0, 0.1) is 5.92 Å². The minimum Gasteiger partial charge on any atom is -0.467 e. The number of hydrogen-bond donors (Lipinski definition) is 1. The number of benzene rings is 2. The number of rotatable bonds is 5. The monoisotopic (exact) mass is 360 g/mol. The van der Waals surface area contributed by atoms with Gasteiger partial charge >= 0.3 is 0 Å². The van der Waals surface area contributed by atoms with Gasteiger partial charge in [0.05, 0.1) is 12.3 Å². The molecule has 136 valence electrons. The summed E-state index contributed by atoms with van der Waals surface area (Å²) in [5.41, 5.74) is 1.75. The third kappa shape index (κ3) is 3.12. The lowest BCUT2D eigenvalue weighted by Gasteiger charge is -2.45. The number of anilines is 1. The Morgan fingerprint density at radius 3 is 2.30 bits per heavy atom. The van der Waals surface area contributed by atoms with Crippen LogP contribution in [-0.2, 0) is 9.59 Å². The van der Waals surface area contributed by atoms with E-state index >= 15 is 0 Å². The highest BCUT2D eigenvalue weighted by atomic mass is 16.3. The molecule has 2 amide bonds. The molecule has 0 spiro atoms. The predicted molar refractivity (Wildman–Crippen MR) is 102 cm³/mol. The highest BCUT2D eigenvalue weighted by molar-refractivity contribution is 6.15. The molecule has 1 N–H and O–H groups in total. The number of nitrogens with zero attached hydrogens (tertiary/aromatic N) is 1. The molecule has 1 aliphatic rings. The molecule has 5 heteroatoms. The molecule has 0 saturated carbocycles. The fourth-order valence-corrected chi connectivity index (χ4v) is 3.50. The zero-order valence-electron chi connectivity index (χ0n) is 14.9. The maximum atomic E-state index is 12.9. The molecule has 3 aromatic rings. The number of para-hydroxylation sites is 1. The van der Waals surface area contributed by atoms with Gasteiger partial charge in [0.1, 0.15) is 17.7 Å². The first-order chi connectivity index (χ1) is 13.2. The summed E-state index contributed by atoms with van der Waals surface area (Å²) in [7, 11) is 0. The van der Waals surface area contributed by atoms with Crippen LogP contribution in [0.5, 0.6) is 0 Å². The van der Waals surface area contributed by atoms with Crippen LogP contribution >= 0.6 is 0 Å². The molecule has 2 heterocycles. The lowest BCUT2D eigenvalue weighted by Crippen LogP contribution is -2.60. The molecule has 4 rings (SSSR count). The second-order valence-corrected chi connectivity index (χ2v) is 6.62. The van der Waals surface area contributed by atoms with E-state index in [-0.39, 0.29) is 17.9 Å². The van der Waals surface area contributed by atoms with Crippen LogP contribution in [0.2, 0.25) is 0 Å². The van der Waals surface area contributed by atoms with Gasteiger partial charge in [0.15, 0.2) is 0 Å². The summed E-state index contributed by atoms with van der Waals surface area (Å²) in [5, 5.41) is 2.96. The maximum Gasteiger partial charge on any atom is 0.242 e. The van der Waals surface area contributed by atoms with E-state index in [0.717, 1.165) is 11.3 Å². The van der Waals surface area contributed by atoms with Gasteiger partial charge in [-0.05, 0) is 36.8 Å². The van der Waals surface area contributed by atoms with Crippen molar-refractivity contribution in [3.63, 3.8) is 0 Å². The van der Waals surface area contributed by atoms with E-state index in [9.17, 15) is 9.59 Å². The van der Waals surface area contributed by atoms with Crippen LogP contribution in [0.4, 0.5) is 5.69 Å². The Balaban J connectivity index is 1.58.